The first kappa shape index (κ1) is 26.1. The Kier molecular flexibility index (Phi) is 8.01. The van der Waals surface area contributed by atoms with Gasteiger partial charge in [-0.1, -0.05) is 66.7 Å². The third-order valence-corrected chi connectivity index (χ3v) is 6.67. The number of ketones is 1. The third kappa shape index (κ3) is 5.26. The second-order valence-electron chi connectivity index (χ2n) is 8.85. The second-order valence-corrected chi connectivity index (χ2v) is 8.85. The van der Waals surface area contributed by atoms with Gasteiger partial charge >= 0.3 is 0 Å². The van der Waals surface area contributed by atoms with Crippen molar-refractivity contribution in [3.8, 4) is 11.5 Å². The summed E-state index contributed by atoms with van der Waals surface area (Å²) in [4.78, 5) is 41.7. The van der Waals surface area contributed by atoms with Gasteiger partial charge in [0.15, 0.2) is 11.4 Å². The average Bonchev–Trinajstić information content (AvgIpc) is 3.41. The van der Waals surface area contributed by atoms with Crippen LogP contribution >= 0.6 is 0 Å². The van der Waals surface area contributed by atoms with E-state index in [0.29, 0.717) is 47.6 Å². The number of carbonyl (C=O) groups is 3. The number of Topliss-reactive ketones (excluding diaryl/α,β-unsaturated/α-hetero) is 1. The van der Waals surface area contributed by atoms with Crippen LogP contribution in [-0.2, 0) is 15.2 Å². The third-order valence-electron chi connectivity index (χ3n) is 6.67. The van der Waals surface area contributed by atoms with Gasteiger partial charge < -0.3 is 14.6 Å². The van der Waals surface area contributed by atoms with E-state index in [9.17, 15) is 19.5 Å². The largest absolute Gasteiger partial charge is 0.496 e. The fourth-order valence-corrected chi connectivity index (χ4v) is 4.78. The smallest absolute Gasteiger partial charge is 0.267 e. The number of rotatable bonds is 9. The van der Waals surface area contributed by atoms with E-state index in [2.05, 4.69) is 5.32 Å². The molecule has 1 atom stereocenters. The van der Waals surface area contributed by atoms with Crippen molar-refractivity contribution in [3.05, 3.63) is 95.6 Å². The van der Waals surface area contributed by atoms with Crippen molar-refractivity contribution >= 4 is 17.6 Å². The summed E-state index contributed by atoms with van der Waals surface area (Å²) in [7, 11) is 2.95. The standard InChI is InChI=1S/C29H30N2O6/c1-36-24-16-9-17-25(37-2)26(24)23(32)19-31-18-10-15-22(31)27(33)30-28(34)29(35,20-11-5-3-6-12-20)21-13-7-4-8-14-21/h3-9,11-14,16-17,22,35H,10,15,18-19H2,1-2H3,(H,30,33,34)/t22-/m0/s1. The van der Waals surface area contributed by atoms with Crippen molar-refractivity contribution in [2.45, 2.75) is 24.5 Å². The normalized spacial score (nSPS) is 15.7. The Bertz CT molecular complexity index is 1200. The molecule has 0 saturated carbocycles. The monoisotopic (exact) mass is 502 g/mol. The fraction of sp³-hybridized carbons (Fsp3) is 0.276. The van der Waals surface area contributed by atoms with Crippen LogP contribution in [0.4, 0.5) is 0 Å². The molecular weight excluding hydrogens is 472 g/mol. The van der Waals surface area contributed by atoms with E-state index in [1.54, 1.807) is 83.8 Å². The first-order chi connectivity index (χ1) is 17.9. The lowest BCUT2D eigenvalue weighted by molar-refractivity contribution is -0.142. The molecule has 1 saturated heterocycles. The molecule has 0 unspecified atom stereocenters. The number of hydrogen-bond acceptors (Lipinski definition) is 7. The summed E-state index contributed by atoms with van der Waals surface area (Å²) in [5, 5.41) is 14.0. The van der Waals surface area contributed by atoms with Crippen LogP contribution in [0.3, 0.4) is 0 Å². The molecule has 192 valence electrons. The molecule has 2 N–H and O–H groups in total. The van der Waals surface area contributed by atoms with Crippen LogP contribution in [-0.4, -0.2) is 61.0 Å². The van der Waals surface area contributed by atoms with Crippen LogP contribution in [0.25, 0.3) is 0 Å². The van der Waals surface area contributed by atoms with E-state index in [1.165, 1.54) is 14.2 Å². The van der Waals surface area contributed by atoms with Gasteiger partial charge in [-0.2, -0.15) is 0 Å². The number of hydrogen-bond donors (Lipinski definition) is 2. The van der Waals surface area contributed by atoms with Crippen molar-refractivity contribution in [1.82, 2.24) is 10.2 Å². The molecule has 3 aromatic carbocycles. The van der Waals surface area contributed by atoms with Crippen LogP contribution in [0.15, 0.2) is 78.9 Å². The number of methoxy groups -OCH3 is 2. The lowest BCUT2D eigenvalue weighted by Crippen LogP contribution is -2.53. The van der Waals surface area contributed by atoms with Crippen LogP contribution < -0.4 is 14.8 Å². The zero-order chi connectivity index (χ0) is 26.4. The SMILES string of the molecule is COc1cccc(OC)c1C(=O)CN1CCC[C@H]1C(=O)NC(=O)C(O)(c1ccccc1)c1ccccc1. The van der Waals surface area contributed by atoms with E-state index in [4.69, 9.17) is 9.47 Å². The van der Waals surface area contributed by atoms with Crippen LogP contribution in [0.2, 0.25) is 0 Å². The number of amides is 2. The Morgan fingerprint density at radius 3 is 1.95 bits per heavy atom. The molecule has 0 aliphatic carbocycles. The highest BCUT2D eigenvalue weighted by atomic mass is 16.5. The minimum absolute atomic E-state index is 0.0509. The summed E-state index contributed by atoms with van der Waals surface area (Å²) in [6.07, 6.45) is 1.16. The highest BCUT2D eigenvalue weighted by Gasteiger charge is 2.42. The van der Waals surface area contributed by atoms with Gasteiger partial charge in [0, 0.05) is 0 Å². The van der Waals surface area contributed by atoms with E-state index >= 15 is 0 Å². The molecular formula is C29H30N2O6. The first-order valence-electron chi connectivity index (χ1n) is 12.1. The Morgan fingerprint density at radius 1 is 0.892 bits per heavy atom. The number of benzene rings is 3. The molecule has 0 bridgehead atoms. The zero-order valence-corrected chi connectivity index (χ0v) is 20.8. The van der Waals surface area contributed by atoms with E-state index in [1.807, 2.05) is 0 Å². The second kappa shape index (κ2) is 11.4. The topological polar surface area (TPSA) is 105 Å². The lowest BCUT2D eigenvalue weighted by atomic mass is 9.85. The molecule has 1 fully saturated rings. The summed E-state index contributed by atoms with van der Waals surface area (Å²) in [5.41, 5.74) is -1.08. The number of nitrogens with one attached hydrogen (secondary N) is 1. The number of nitrogens with zero attached hydrogens (tertiary/aromatic N) is 1. The molecule has 2 amide bonds. The molecule has 8 nitrogen and oxygen atoms in total. The fourth-order valence-electron chi connectivity index (χ4n) is 4.78. The van der Waals surface area contributed by atoms with Gasteiger partial charge in [0.1, 0.15) is 17.1 Å². The maximum atomic E-state index is 13.4. The molecule has 3 aromatic rings. The van der Waals surface area contributed by atoms with Crippen LogP contribution in [0.5, 0.6) is 11.5 Å². The van der Waals surface area contributed by atoms with Crippen molar-refractivity contribution in [2.24, 2.45) is 0 Å². The minimum atomic E-state index is -2.07. The van der Waals surface area contributed by atoms with E-state index in [0.717, 1.165) is 0 Å². The van der Waals surface area contributed by atoms with Gasteiger partial charge in [0.05, 0.1) is 26.8 Å². The number of carbonyl (C=O) groups excluding carboxylic acids is 3. The van der Waals surface area contributed by atoms with Gasteiger partial charge in [-0.15, -0.1) is 0 Å². The van der Waals surface area contributed by atoms with Crippen molar-refractivity contribution < 1.29 is 29.0 Å². The summed E-state index contributed by atoms with van der Waals surface area (Å²) < 4.78 is 10.7. The van der Waals surface area contributed by atoms with Crippen LogP contribution in [0.1, 0.15) is 34.3 Å². The number of aliphatic hydroxyl groups is 1. The van der Waals surface area contributed by atoms with E-state index in [-0.39, 0.29) is 12.3 Å². The summed E-state index contributed by atoms with van der Waals surface area (Å²) in [6, 6.07) is 21.4. The number of ether oxygens (including phenoxy) is 2. The van der Waals surface area contributed by atoms with Crippen molar-refractivity contribution in [2.75, 3.05) is 27.3 Å². The van der Waals surface area contributed by atoms with Gasteiger partial charge in [-0.25, -0.2) is 0 Å². The molecule has 8 heteroatoms. The summed E-state index contributed by atoms with van der Waals surface area (Å²) in [6.45, 7) is 0.460. The highest BCUT2D eigenvalue weighted by Crippen LogP contribution is 2.31. The van der Waals surface area contributed by atoms with Crippen LogP contribution in [0, 0.1) is 0 Å². The molecule has 1 aliphatic heterocycles. The maximum absolute atomic E-state index is 13.4. The highest BCUT2D eigenvalue weighted by molar-refractivity contribution is 6.05. The Morgan fingerprint density at radius 2 is 1.43 bits per heavy atom. The molecule has 4 rings (SSSR count). The molecule has 0 aromatic heterocycles. The molecule has 37 heavy (non-hydrogen) atoms. The van der Waals surface area contributed by atoms with Gasteiger partial charge in [-0.05, 0) is 42.6 Å². The van der Waals surface area contributed by atoms with Gasteiger partial charge in [0.25, 0.3) is 5.91 Å². The summed E-state index contributed by atoms with van der Waals surface area (Å²) >= 11 is 0. The van der Waals surface area contributed by atoms with Crippen molar-refractivity contribution in [3.63, 3.8) is 0 Å². The lowest BCUT2D eigenvalue weighted by Gasteiger charge is -2.29. The predicted molar refractivity (Wildman–Crippen MR) is 138 cm³/mol. The number of imide groups is 1. The number of likely N-dealkylation sites (tertiary alicyclic amines) is 1. The maximum Gasteiger partial charge on any atom is 0.267 e. The van der Waals surface area contributed by atoms with Gasteiger partial charge in [0.2, 0.25) is 5.91 Å². The zero-order valence-electron chi connectivity index (χ0n) is 20.8. The predicted octanol–water partition coefficient (Wildman–Crippen LogP) is 2.93. The minimum Gasteiger partial charge on any atom is -0.496 e. The average molecular weight is 503 g/mol. The summed E-state index contributed by atoms with van der Waals surface area (Å²) in [5.74, 6) is -0.900. The molecule has 0 spiro atoms. The molecule has 0 radical (unpaired) electrons. The first-order valence-corrected chi connectivity index (χ1v) is 12.1. The van der Waals surface area contributed by atoms with E-state index < -0.39 is 23.5 Å². The van der Waals surface area contributed by atoms with Gasteiger partial charge in [-0.3, -0.25) is 24.6 Å². The Balaban J connectivity index is 1.54. The Labute approximate surface area is 215 Å². The van der Waals surface area contributed by atoms with Crippen molar-refractivity contribution in [1.29, 1.82) is 0 Å². The quantitative estimate of drug-likeness (QED) is 0.434. The molecule has 1 aliphatic rings. The molecule has 1 heterocycles. The Hall–Kier alpha value is -4.01.